The van der Waals surface area contributed by atoms with E-state index in [0.717, 1.165) is 0 Å². The van der Waals surface area contributed by atoms with Gasteiger partial charge in [0.25, 0.3) is 0 Å². The Hall–Kier alpha value is -2.91. The van der Waals surface area contributed by atoms with Gasteiger partial charge in [0.05, 0.1) is 5.41 Å². The number of allylic oxidation sites excluding steroid dienone is 1. The zero-order valence-corrected chi connectivity index (χ0v) is 19.3. The molecule has 9 nitrogen and oxygen atoms in total. The normalized spacial score (nSPS) is 12.7. The van der Waals surface area contributed by atoms with E-state index in [1.54, 1.807) is 6.92 Å². The minimum atomic E-state index is -1.21. The van der Waals surface area contributed by atoms with Gasteiger partial charge in [0.2, 0.25) is 0 Å². The van der Waals surface area contributed by atoms with Crippen molar-refractivity contribution in [2.75, 3.05) is 26.4 Å². The predicted octanol–water partition coefficient (Wildman–Crippen LogP) is 1.99. The largest absolute Gasteiger partial charge is 0.491 e. The summed E-state index contributed by atoms with van der Waals surface area (Å²) in [5, 5.41) is 19.6. The lowest BCUT2D eigenvalue weighted by atomic mass is 9.86. The molecule has 32 heavy (non-hydrogen) atoms. The molecule has 0 aliphatic heterocycles. The van der Waals surface area contributed by atoms with Crippen molar-refractivity contribution in [2.45, 2.75) is 46.3 Å². The topological polar surface area (TPSA) is 129 Å². The first kappa shape index (κ1) is 29.1. The third kappa shape index (κ3) is 11.5. The molecule has 0 aromatic heterocycles. The summed E-state index contributed by atoms with van der Waals surface area (Å²) < 4.78 is 20.0. The summed E-state index contributed by atoms with van der Waals surface area (Å²) in [6.07, 6.45) is -2.37. The highest BCUT2D eigenvalue weighted by Gasteiger charge is 2.32. The number of hydrogen-bond acceptors (Lipinski definition) is 9. The number of carbonyl (C=O) groups is 3. The molecule has 2 atom stereocenters. The molecule has 0 saturated carbocycles. The zero-order valence-electron chi connectivity index (χ0n) is 19.3. The lowest BCUT2D eigenvalue weighted by Gasteiger charge is -2.24. The Balaban J connectivity index is 4.45. The van der Waals surface area contributed by atoms with E-state index < -0.39 is 42.1 Å². The van der Waals surface area contributed by atoms with Crippen LogP contribution in [0, 0.1) is 5.41 Å². The maximum absolute atomic E-state index is 12.3. The molecule has 0 spiro atoms. The summed E-state index contributed by atoms with van der Waals surface area (Å²) in [4.78, 5) is 35.7. The fourth-order valence-electron chi connectivity index (χ4n) is 2.03. The molecule has 0 fully saturated rings. The summed E-state index contributed by atoms with van der Waals surface area (Å²) >= 11 is 0. The van der Waals surface area contributed by atoms with E-state index in [1.165, 1.54) is 20.8 Å². The third-order valence-corrected chi connectivity index (χ3v) is 3.99. The molecule has 0 aromatic carbocycles. The van der Waals surface area contributed by atoms with E-state index in [1.807, 2.05) is 0 Å². The van der Waals surface area contributed by atoms with Gasteiger partial charge in [-0.1, -0.05) is 26.3 Å². The van der Waals surface area contributed by atoms with Gasteiger partial charge in [0, 0.05) is 11.1 Å². The van der Waals surface area contributed by atoms with Crippen LogP contribution in [-0.2, 0) is 33.3 Å². The zero-order chi connectivity index (χ0) is 25.1. The first-order valence-corrected chi connectivity index (χ1v) is 9.85. The van der Waals surface area contributed by atoms with Gasteiger partial charge in [-0.15, -0.1) is 0 Å². The minimum Gasteiger partial charge on any atom is -0.491 e. The van der Waals surface area contributed by atoms with Crippen LogP contribution in [0.15, 0.2) is 48.8 Å². The molecule has 0 aromatic rings. The van der Waals surface area contributed by atoms with Crippen LogP contribution in [0.3, 0.4) is 0 Å². The number of aliphatic hydroxyl groups excluding tert-OH is 2. The molecule has 0 amide bonds. The van der Waals surface area contributed by atoms with Crippen molar-refractivity contribution in [1.29, 1.82) is 0 Å². The molecule has 0 radical (unpaired) electrons. The van der Waals surface area contributed by atoms with Crippen LogP contribution in [0.5, 0.6) is 0 Å². The van der Waals surface area contributed by atoms with Crippen LogP contribution >= 0.6 is 0 Å². The summed E-state index contributed by atoms with van der Waals surface area (Å²) in [5.74, 6) is -1.82. The number of carbonyl (C=O) groups excluding carboxylic acids is 3. The van der Waals surface area contributed by atoms with Crippen LogP contribution in [0.2, 0.25) is 0 Å². The van der Waals surface area contributed by atoms with Crippen LogP contribution in [0.4, 0.5) is 0 Å². The average molecular weight is 455 g/mol. The predicted molar refractivity (Wildman–Crippen MR) is 117 cm³/mol. The number of aliphatic hydroxyl groups is 2. The van der Waals surface area contributed by atoms with Crippen molar-refractivity contribution in [2.24, 2.45) is 5.41 Å². The SMILES string of the molecule is C=C(C)C(=C)OCC(O)COC(=O)C(=C)CC(C)(C)C(=O)OCC(O)COC(=O)C(=C)C. The standard InChI is InChI=1S/C23H34O9/c1-14(2)17(6)29-10-18(24)12-31-21(27)16(5)9-23(7,8)22(28)32-13-19(25)11-30-20(26)15(3)4/h18-19,24-25H,1,3,5-6,9-13H2,2,4,7-8H3. The Morgan fingerprint density at radius 1 is 0.750 bits per heavy atom. The Kier molecular flexibility index (Phi) is 12.3. The molecule has 2 N–H and O–H groups in total. The first-order chi connectivity index (χ1) is 14.7. The smallest absolute Gasteiger partial charge is 0.333 e. The van der Waals surface area contributed by atoms with Gasteiger partial charge in [-0.05, 0) is 39.7 Å². The van der Waals surface area contributed by atoms with Gasteiger partial charge < -0.3 is 29.2 Å². The fourth-order valence-corrected chi connectivity index (χ4v) is 2.03. The molecule has 9 heteroatoms. The Labute approximate surface area is 189 Å². The van der Waals surface area contributed by atoms with Crippen molar-refractivity contribution in [1.82, 2.24) is 0 Å². The van der Waals surface area contributed by atoms with E-state index in [-0.39, 0.29) is 37.4 Å². The highest BCUT2D eigenvalue weighted by Crippen LogP contribution is 2.27. The van der Waals surface area contributed by atoms with Crippen molar-refractivity contribution < 1.29 is 43.5 Å². The summed E-state index contributed by atoms with van der Waals surface area (Å²) in [6.45, 7) is 19.3. The summed E-state index contributed by atoms with van der Waals surface area (Å²) in [5.41, 5.74) is -0.358. The van der Waals surface area contributed by atoms with E-state index in [2.05, 4.69) is 26.3 Å². The van der Waals surface area contributed by atoms with Crippen LogP contribution < -0.4 is 0 Å². The molecular weight excluding hydrogens is 420 g/mol. The van der Waals surface area contributed by atoms with Gasteiger partial charge in [-0.3, -0.25) is 4.79 Å². The van der Waals surface area contributed by atoms with Gasteiger partial charge >= 0.3 is 17.9 Å². The Bertz CT molecular complexity index is 749. The number of hydrogen-bond donors (Lipinski definition) is 2. The minimum absolute atomic E-state index is 0.00218. The van der Waals surface area contributed by atoms with Crippen molar-refractivity contribution in [3.63, 3.8) is 0 Å². The Morgan fingerprint density at radius 3 is 1.66 bits per heavy atom. The van der Waals surface area contributed by atoms with Gasteiger partial charge in [-0.2, -0.15) is 0 Å². The van der Waals surface area contributed by atoms with Crippen molar-refractivity contribution >= 4 is 17.9 Å². The second kappa shape index (κ2) is 13.5. The molecule has 0 rings (SSSR count). The maximum Gasteiger partial charge on any atom is 0.333 e. The van der Waals surface area contributed by atoms with E-state index in [0.29, 0.717) is 11.3 Å². The van der Waals surface area contributed by atoms with Crippen LogP contribution in [0.25, 0.3) is 0 Å². The average Bonchev–Trinajstić information content (AvgIpc) is 2.71. The van der Waals surface area contributed by atoms with E-state index >= 15 is 0 Å². The lowest BCUT2D eigenvalue weighted by Crippen LogP contribution is -2.33. The number of esters is 3. The van der Waals surface area contributed by atoms with Gasteiger partial charge in [-0.25, -0.2) is 9.59 Å². The number of ether oxygens (including phenoxy) is 4. The van der Waals surface area contributed by atoms with Crippen molar-refractivity contribution in [3.8, 4) is 0 Å². The maximum atomic E-state index is 12.3. The quantitative estimate of drug-likeness (QED) is 0.125. The summed E-state index contributed by atoms with van der Waals surface area (Å²) in [7, 11) is 0. The molecule has 0 aliphatic rings. The lowest BCUT2D eigenvalue weighted by molar-refractivity contribution is -0.159. The molecule has 0 aliphatic carbocycles. The van der Waals surface area contributed by atoms with Crippen LogP contribution in [-0.4, -0.2) is 66.8 Å². The molecule has 2 unspecified atom stereocenters. The monoisotopic (exact) mass is 454 g/mol. The third-order valence-electron chi connectivity index (χ3n) is 3.99. The molecule has 0 heterocycles. The Morgan fingerprint density at radius 2 is 1.19 bits per heavy atom. The van der Waals surface area contributed by atoms with E-state index in [4.69, 9.17) is 18.9 Å². The van der Waals surface area contributed by atoms with E-state index in [9.17, 15) is 24.6 Å². The second-order valence-electron chi connectivity index (χ2n) is 8.06. The fraction of sp³-hybridized carbons (Fsp3) is 0.522. The highest BCUT2D eigenvalue weighted by atomic mass is 16.6. The molecular formula is C23H34O9. The first-order valence-electron chi connectivity index (χ1n) is 9.85. The molecule has 180 valence electrons. The molecule has 0 bridgehead atoms. The molecule has 0 saturated heterocycles. The highest BCUT2D eigenvalue weighted by molar-refractivity contribution is 5.89. The number of rotatable bonds is 15. The second-order valence-corrected chi connectivity index (χ2v) is 8.06. The van der Waals surface area contributed by atoms with Crippen LogP contribution in [0.1, 0.15) is 34.1 Å². The summed E-state index contributed by atoms with van der Waals surface area (Å²) in [6, 6.07) is 0. The van der Waals surface area contributed by atoms with Crippen molar-refractivity contribution in [3.05, 3.63) is 48.8 Å². The van der Waals surface area contributed by atoms with Gasteiger partial charge in [0.15, 0.2) is 0 Å². The van der Waals surface area contributed by atoms with Gasteiger partial charge in [0.1, 0.15) is 44.4 Å².